The molecule has 0 saturated heterocycles. The number of carbonyl (C=O) groups excluding carboxylic acids is 1. The van der Waals surface area contributed by atoms with Crippen LogP contribution in [-0.2, 0) is 4.79 Å². The number of rotatable bonds is 3. The molecule has 0 atom stereocenters. The molecule has 0 radical (unpaired) electrons. The molecule has 1 N–H and O–H groups in total. The lowest BCUT2D eigenvalue weighted by Crippen LogP contribution is -2.27. The predicted octanol–water partition coefficient (Wildman–Crippen LogP) is 3.33. The SMILES string of the molecule is CC(C)Oc1ccc(NC(=O)C(C)(C)C)c(C#N)c1. The zero-order valence-electron chi connectivity index (χ0n) is 12.1. The van der Waals surface area contributed by atoms with Gasteiger partial charge in [-0.2, -0.15) is 5.26 Å². The van der Waals surface area contributed by atoms with E-state index in [0.29, 0.717) is 17.0 Å². The van der Waals surface area contributed by atoms with Crippen LogP contribution in [-0.4, -0.2) is 12.0 Å². The smallest absolute Gasteiger partial charge is 0.229 e. The molecule has 1 amide bonds. The van der Waals surface area contributed by atoms with Crippen molar-refractivity contribution < 1.29 is 9.53 Å². The number of benzene rings is 1. The van der Waals surface area contributed by atoms with Crippen LogP contribution in [0, 0.1) is 16.7 Å². The predicted molar refractivity (Wildman–Crippen MR) is 75.0 cm³/mol. The van der Waals surface area contributed by atoms with E-state index in [4.69, 9.17) is 10.00 Å². The van der Waals surface area contributed by atoms with Gasteiger partial charge in [-0.1, -0.05) is 20.8 Å². The van der Waals surface area contributed by atoms with Gasteiger partial charge >= 0.3 is 0 Å². The van der Waals surface area contributed by atoms with Gasteiger partial charge in [0, 0.05) is 11.5 Å². The Morgan fingerprint density at radius 3 is 2.47 bits per heavy atom. The number of hydrogen-bond acceptors (Lipinski definition) is 3. The number of hydrogen-bond donors (Lipinski definition) is 1. The largest absolute Gasteiger partial charge is 0.491 e. The number of nitrogens with zero attached hydrogens (tertiary/aromatic N) is 1. The second-order valence-electron chi connectivity index (χ2n) is 5.69. The molecular formula is C15H20N2O2. The summed E-state index contributed by atoms with van der Waals surface area (Å²) in [4.78, 5) is 11.9. The molecule has 1 aromatic rings. The lowest BCUT2D eigenvalue weighted by Gasteiger charge is -2.18. The summed E-state index contributed by atoms with van der Waals surface area (Å²) >= 11 is 0. The van der Waals surface area contributed by atoms with E-state index in [9.17, 15) is 4.79 Å². The molecule has 0 saturated carbocycles. The Labute approximate surface area is 114 Å². The maximum atomic E-state index is 11.9. The molecule has 1 aromatic carbocycles. The molecule has 19 heavy (non-hydrogen) atoms. The molecule has 102 valence electrons. The molecule has 0 heterocycles. The topological polar surface area (TPSA) is 62.1 Å². The van der Waals surface area contributed by atoms with E-state index in [1.165, 1.54) is 0 Å². The van der Waals surface area contributed by atoms with E-state index in [1.54, 1.807) is 18.2 Å². The van der Waals surface area contributed by atoms with Gasteiger partial charge in [-0.05, 0) is 26.0 Å². The molecule has 0 aliphatic heterocycles. The van der Waals surface area contributed by atoms with Crippen molar-refractivity contribution in [3.63, 3.8) is 0 Å². The molecule has 0 unspecified atom stereocenters. The second-order valence-corrected chi connectivity index (χ2v) is 5.69. The normalized spacial score (nSPS) is 11.0. The second kappa shape index (κ2) is 5.75. The van der Waals surface area contributed by atoms with Crippen molar-refractivity contribution in [3.8, 4) is 11.8 Å². The molecule has 0 aliphatic rings. The van der Waals surface area contributed by atoms with Crippen molar-refractivity contribution in [2.75, 3.05) is 5.32 Å². The van der Waals surface area contributed by atoms with Crippen LogP contribution in [0.25, 0.3) is 0 Å². The highest BCUT2D eigenvalue weighted by Gasteiger charge is 2.22. The third kappa shape index (κ3) is 4.29. The number of nitriles is 1. The molecule has 0 fully saturated rings. The van der Waals surface area contributed by atoms with Gasteiger partial charge in [0.05, 0.1) is 17.4 Å². The first-order valence-corrected chi connectivity index (χ1v) is 6.26. The minimum absolute atomic E-state index is 0.0431. The van der Waals surface area contributed by atoms with E-state index in [-0.39, 0.29) is 12.0 Å². The van der Waals surface area contributed by atoms with Crippen LogP contribution in [0.1, 0.15) is 40.2 Å². The van der Waals surface area contributed by atoms with Crippen molar-refractivity contribution >= 4 is 11.6 Å². The molecule has 4 heteroatoms. The first-order chi connectivity index (χ1) is 8.74. The van der Waals surface area contributed by atoms with E-state index >= 15 is 0 Å². The molecule has 0 bridgehead atoms. The van der Waals surface area contributed by atoms with Gasteiger partial charge in [0.15, 0.2) is 0 Å². The maximum Gasteiger partial charge on any atom is 0.229 e. The molecule has 4 nitrogen and oxygen atoms in total. The maximum absolute atomic E-state index is 11.9. The third-order valence-corrected chi connectivity index (χ3v) is 2.41. The lowest BCUT2D eigenvalue weighted by atomic mass is 9.95. The Morgan fingerprint density at radius 1 is 1.37 bits per heavy atom. The molecule has 0 aromatic heterocycles. The van der Waals surface area contributed by atoms with Crippen LogP contribution in [0.5, 0.6) is 5.75 Å². The average Bonchev–Trinajstić information content (AvgIpc) is 2.29. The third-order valence-electron chi connectivity index (χ3n) is 2.41. The number of nitrogens with one attached hydrogen (secondary N) is 1. The Kier molecular flexibility index (Phi) is 4.55. The van der Waals surface area contributed by atoms with Crippen molar-refractivity contribution in [3.05, 3.63) is 23.8 Å². The van der Waals surface area contributed by atoms with E-state index < -0.39 is 5.41 Å². The minimum atomic E-state index is -0.500. The minimum Gasteiger partial charge on any atom is -0.491 e. The van der Waals surface area contributed by atoms with Gasteiger partial charge in [0.2, 0.25) is 5.91 Å². The van der Waals surface area contributed by atoms with Crippen LogP contribution in [0.3, 0.4) is 0 Å². The molecule has 0 spiro atoms. The Morgan fingerprint density at radius 2 is 2.00 bits per heavy atom. The molecule has 0 aliphatic carbocycles. The monoisotopic (exact) mass is 260 g/mol. The van der Waals surface area contributed by atoms with Gasteiger partial charge in [0.1, 0.15) is 11.8 Å². The van der Waals surface area contributed by atoms with Crippen LogP contribution in [0.15, 0.2) is 18.2 Å². The van der Waals surface area contributed by atoms with Crippen LogP contribution >= 0.6 is 0 Å². The average molecular weight is 260 g/mol. The van der Waals surface area contributed by atoms with Gasteiger partial charge in [-0.3, -0.25) is 4.79 Å². The molecular weight excluding hydrogens is 240 g/mol. The Balaban J connectivity index is 2.98. The van der Waals surface area contributed by atoms with Crippen LogP contribution in [0.2, 0.25) is 0 Å². The number of carbonyl (C=O) groups is 1. The van der Waals surface area contributed by atoms with Gasteiger partial charge in [-0.15, -0.1) is 0 Å². The van der Waals surface area contributed by atoms with Crippen molar-refractivity contribution in [2.24, 2.45) is 5.41 Å². The van der Waals surface area contributed by atoms with E-state index in [0.717, 1.165) is 0 Å². The standard InChI is InChI=1S/C15H20N2O2/c1-10(2)19-12-6-7-13(11(8-12)9-16)17-14(18)15(3,4)5/h6-8,10H,1-5H3,(H,17,18). The van der Waals surface area contributed by atoms with Gasteiger partial charge < -0.3 is 10.1 Å². The quantitative estimate of drug-likeness (QED) is 0.906. The van der Waals surface area contributed by atoms with Crippen molar-refractivity contribution in [1.82, 2.24) is 0 Å². The van der Waals surface area contributed by atoms with Crippen molar-refractivity contribution in [1.29, 1.82) is 5.26 Å². The highest BCUT2D eigenvalue weighted by molar-refractivity contribution is 5.95. The van der Waals surface area contributed by atoms with E-state index in [2.05, 4.69) is 11.4 Å². The number of anilines is 1. The zero-order valence-corrected chi connectivity index (χ0v) is 12.1. The summed E-state index contributed by atoms with van der Waals surface area (Å²) in [7, 11) is 0. The van der Waals surface area contributed by atoms with Crippen LogP contribution in [0.4, 0.5) is 5.69 Å². The Bertz CT molecular complexity index is 508. The summed E-state index contributed by atoms with van der Waals surface area (Å²) in [5, 5.41) is 11.9. The summed E-state index contributed by atoms with van der Waals surface area (Å²) in [5.41, 5.74) is 0.411. The summed E-state index contributed by atoms with van der Waals surface area (Å²) in [6.07, 6.45) is 0.0431. The summed E-state index contributed by atoms with van der Waals surface area (Å²) < 4.78 is 5.52. The Hall–Kier alpha value is -2.02. The summed E-state index contributed by atoms with van der Waals surface area (Å²) in [6.45, 7) is 9.31. The number of ether oxygens (including phenoxy) is 1. The number of amides is 1. The zero-order chi connectivity index (χ0) is 14.6. The fourth-order valence-corrected chi connectivity index (χ4v) is 1.38. The van der Waals surface area contributed by atoms with Crippen LogP contribution < -0.4 is 10.1 Å². The van der Waals surface area contributed by atoms with Crippen molar-refractivity contribution in [2.45, 2.75) is 40.7 Å². The molecule has 1 rings (SSSR count). The fourth-order valence-electron chi connectivity index (χ4n) is 1.38. The van der Waals surface area contributed by atoms with Gasteiger partial charge in [0.25, 0.3) is 0 Å². The first-order valence-electron chi connectivity index (χ1n) is 6.26. The first kappa shape index (κ1) is 15.0. The summed E-state index contributed by atoms with van der Waals surface area (Å²) in [6, 6.07) is 7.15. The van der Waals surface area contributed by atoms with E-state index in [1.807, 2.05) is 34.6 Å². The summed E-state index contributed by atoms with van der Waals surface area (Å²) in [5.74, 6) is 0.502. The fraction of sp³-hybridized carbons (Fsp3) is 0.467. The lowest BCUT2D eigenvalue weighted by molar-refractivity contribution is -0.123. The van der Waals surface area contributed by atoms with Gasteiger partial charge in [-0.25, -0.2) is 0 Å². The highest BCUT2D eigenvalue weighted by atomic mass is 16.5. The highest BCUT2D eigenvalue weighted by Crippen LogP contribution is 2.24.